The first-order chi connectivity index (χ1) is 11.6. The Hall–Kier alpha value is -2.24. The minimum atomic E-state index is -0.375. The van der Waals surface area contributed by atoms with E-state index in [4.69, 9.17) is 32.7 Å². The molecule has 5 nitrogen and oxygen atoms in total. The molecule has 0 atom stereocenters. The van der Waals surface area contributed by atoms with Crippen molar-refractivity contribution in [2.24, 2.45) is 5.10 Å². The number of rotatable bonds is 7. The highest BCUT2D eigenvalue weighted by atomic mass is 35.5. The first kappa shape index (κ1) is 18.1. The zero-order valence-corrected chi connectivity index (χ0v) is 14.5. The Kier molecular flexibility index (Phi) is 6.90. The van der Waals surface area contributed by atoms with Gasteiger partial charge < -0.3 is 9.47 Å². The molecule has 2 aromatic carbocycles. The molecule has 0 saturated carbocycles. The summed E-state index contributed by atoms with van der Waals surface area (Å²) in [7, 11) is 0. The van der Waals surface area contributed by atoms with Crippen molar-refractivity contribution in [3.63, 3.8) is 0 Å². The van der Waals surface area contributed by atoms with Crippen LogP contribution in [0.5, 0.6) is 11.5 Å². The normalized spacial score (nSPS) is 10.6. The topological polar surface area (TPSA) is 59.9 Å². The molecule has 126 valence electrons. The van der Waals surface area contributed by atoms with E-state index in [1.54, 1.807) is 42.5 Å². The summed E-state index contributed by atoms with van der Waals surface area (Å²) in [6.07, 6.45) is 1.47. The molecule has 2 rings (SSSR count). The van der Waals surface area contributed by atoms with E-state index in [0.717, 1.165) is 11.3 Å². The van der Waals surface area contributed by atoms with Gasteiger partial charge in [0, 0.05) is 0 Å². The van der Waals surface area contributed by atoms with Crippen molar-refractivity contribution >= 4 is 35.3 Å². The molecule has 0 unspecified atom stereocenters. The van der Waals surface area contributed by atoms with Crippen molar-refractivity contribution < 1.29 is 14.3 Å². The van der Waals surface area contributed by atoms with E-state index in [1.807, 2.05) is 6.92 Å². The SMILES string of the molecule is CCOc1ccc(OCC(=O)N/N=C/c2ccc(Cl)c(Cl)c2)cc1. The van der Waals surface area contributed by atoms with Gasteiger partial charge in [0.15, 0.2) is 6.61 Å². The van der Waals surface area contributed by atoms with Gasteiger partial charge in [0.25, 0.3) is 5.91 Å². The predicted octanol–water partition coefficient (Wildman–Crippen LogP) is 3.92. The lowest BCUT2D eigenvalue weighted by molar-refractivity contribution is -0.123. The minimum absolute atomic E-state index is 0.146. The number of ether oxygens (including phenoxy) is 2. The quantitative estimate of drug-likeness (QED) is 0.596. The van der Waals surface area contributed by atoms with Gasteiger partial charge in [-0.25, -0.2) is 5.43 Å². The maximum atomic E-state index is 11.7. The monoisotopic (exact) mass is 366 g/mol. The number of carbonyl (C=O) groups excluding carboxylic acids is 1. The zero-order chi connectivity index (χ0) is 17.4. The maximum Gasteiger partial charge on any atom is 0.277 e. The lowest BCUT2D eigenvalue weighted by Crippen LogP contribution is -2.24. The van der Waals surface area contributed by atoms with Crippen LogP contribution in [0.25, 0.3) is 0 Å². The van der Waals surface area contributed by atoms with Crippen LogP contribution in [-0.4, -0.2) is 25.3 Å². The molecule has 0 aromatic heterocycles. The van der Waals surface area contributed by atoms with E-state index in [0.29, 0.717) is 22.4 Å². The van der Waals surface area contributed by atoms with Crippen molar-refractivity contribution in [1.82, 2.24) is 5.43 Å². The lowest BCUT2D eigenvalue weighted by atomic mass is 10.2. The Bertz CT molecular complexity index is 718. The zero-order valence-electron chi connectivity index (χ0n) is 13.0. The summed E-state index contributed by atoms with van der Waals surface area (Å²) in [5.74, 6) is 0.947. The third-order valence-electron chi connectivity index (χ3n) is 2.85. The molecule has 24 heavy (non-hydrogen) atoms. The maximum absolute atomic E-state index is 11.7. The van der Waals surface area contributed by atoms with Crippen molar-refractivity contribution in [3.05, 3.63) is 58.1 Å². The van der Waals surface area contributed by atoms with Crippen LogP contribution in [0.4, 0.5) is 0 Å². The molecule has 0 radical (unpaired) electrons. The van der Waals surface area contributed by atoms with E-state index >= 15 is 0 Å². The number of nitrogens with one attached hydrogen (secondary N) is 1. The first-order valence-corrected chi connectivity index (χ1v) is 7.96. The minimum Gasteiger partial charge on any atom is -0.494 e. The summed E-state index contributed by atoms with van der Waals surface area (Å²) < 4.78 is 10.7. The molecule has 7 heteroatoms. The molecular formula is C17H16Cl2N2O3. The molecule has 0 heterocycles. The van der Waals surface area contributed by atoms with E-state index in [1.165, 1.54) is 6.21 Å². The highest BCUT2D eigenvalue weighted by Gasteiger charge is 2.02. The van der Waals surface area contributed by atoms with Crippen molar-refractivity contribution in [2.75, 3.05) is 13.2 Å². The standard InChI is InChI=1S/C17H16Cl2N2O3/c1-2-23-13-4-6-14(7-5-13)24-11-17(22)21-20-10-12-3-8-15(18)16(19)9-12/h3-10H,2,11H2,1H3,(H,21,22)/b20-10+. The van der Waals surface area contributed by atoms with Crippen LogP contribution in [0.2, 0.25) is 10.0 Å². The van der Waals surface area contributed by atoms with Gasteiger partial charge in [-0.2, -0.15) is 5.10 Å². The van der Waals surface area contributed by atoms with Crippen LogP contribution < -0.4 is 14.9 Å². The molecule has 0 fully saturated rings. The lowest BCUT2D eigenvalue weighted by Gasteiger charge is -2.06. The number of benzene rings is 2. The predicted molar refractivity (Wildman–Crippen MR) is 95.3 cm³/mol. The van der Waals surface area contributed by atoms with Gasteiger partial charge in [0.05, 0.1) is 22.9 Å². The Morgan fingerprint density at radius 1 is 1.08 bits per heavy atom. The van der Waals surface area contributed by atoms with Gasteiger partial charge in [0.2, 0.25) is 0 Å². The number of hydrazone groups is 1. The second kappa shape index (κ2) is 9.15. The van der Waals surface area contributed by atoms with Crippen molar-refractivity contribution in [3.8, 4) is 11.5 Å². The van der Waals surface area contributed by atoms with E-state index in [9.17, 15) is 4.79 Å². The second-order valence-corrected chi connectivity index (χ2v) is 5.47. The van der Waals surface area contributed by atoms with Gasteiger partial charge in [-0.1, -0.05) is 29.3 Å². The summed E-state index contributed by atoms with van der Waals surface area (Å²) >= 11 is 11.7. The summed E-state index contributed by atoms with van der Waals surface area (Å²) in [4.78, 5) is 11.7. The molecule has 0 aliphatic heterocycles. The van der Waals surface area contributed by atoms with Crippen LogP contribution in [0, 0.1) is 0 Å². The van der Waals surface area contributed by atoms with Gasteiger partial charge >= 0.3 is 0 Å². The number of nitrogens with zero attached hydrogens (tertiary/aromatic N) is 1. The van der Waals surface area contributed by atoms with Gasteiger partial charge in [-0.3, -0.25) is 4.79 Å². The smallest absolute Gasteiger partial charge is 0.277 e. The molecule has 0 aliphatic rings. The molecule has 1 N–H and O–H groups in total. The Balaban J connectivity index is 1.78. The molecule has 0 bridgehead atoms. The number of hydrogen-bond acceptors (Lipinski definition) is 4. The van der Waals surface area contributed by atoms with Crippen LogP contribution in [0.15, 0.2) is 47.6 Å². The summed E-state index contributed by atoms with van der Waals surface area (Å²) in [5.41, 5.74) is 3.09. The molecule has 0 saturated heterocycles. The Morgan fingerprint density at radius 3 is 2.38 bits per heavy atom. The average Bonchev–Trinajstić information content (AvgIpc) is 2.58. The fourth-order valence-electron chi connectivity index (χ4n) is 1.75. The number of halogens is 2. The summed E-state index contributed by atoms with van der Waals surface area (Å²) in [6.45, 7) is 2.36. The highest BCUT2D eigenvalue weighted by Crippen LogP contribution is 2.21. The van der Waals surface area contributed by atoms with Crippen LogP contribution in [-0.2, 0) is 4.79 Å². The van der Waals surface area contributed by atoms with E-state index in [-0.39, 0.29) is 12.5 Å². The number of hydrogen-bond donors (Lipinski definition) is 1. The molecule has 2 aromatic rings. The number of carbonyl (C=O) groups is 1. The second-order valence-electron chi connectivity index (χ2n) is 4.66. The molecule has 0 aliphatic carbocycles. The Morgan fingerprint density at radius 2 is 1.75 bits per heavy atom. The molecular weight excluding hydrogens is 351 g/mol. The molecule has 1 amide bonds. The van der Waals surface area contributed by atoms with Crippen LogP contribution in [0.3, 0.4) is 0 Å². The largest absolute Gasteiger partial charge is 0.494 e. The Labute approximate surface area is 150 Å². The van der Waals surface area contributed by atoms with Crippen LogP contribution >= 0.6 is 23.2 Å². The highest BCUT2D eigenvalue weighted by molar-refractivity contribution is 6.42. The first-order valence-electron chi connectivity index (χ1n) is 7.21. The van der Waals surface area contributed by atoms with Crippen molar-refractivity contribution in [1.29, 1.82) is 0 Å². The van der Waals surface area contributed by atoms with Crippen LogP contribution in [0.1, 0.15) is 12.5 Å². The third kappa shape index (κ3) is 5.76. The van der Waals surface area contributed by atoms with Gasteiger partial charge in [-0.15, -0.1) is 0 Å². The van der Waals surface area contributed by atoms with Crippen molar-refractivity contribution in [2.45, 2.75) is 6.92 Å². The number of amides is 1. The average molecular weight is 367 g/mol. The van der Waals surface area contributed by atoms with Gasteiger partial charge in [-0.05, 0) is 48.9 Å². The van der Waals surface area contributed by atoms with E-state index in [2.05, 4.69) is 10.5 Å². The fourth-order valence-corrected chi connectivity index (χ4v) is 2.06. The third-order valence-corrected chi connectivity index (χ3v) is 3.59. The summed E-state index contributed by atoms with van der Waals surface area (Å²) in [5, 5.41) is 4.72. The van der Waals surface area contributed by atoms with Gasteiger partial charge in [0.1, 0.15) is 11.5 Å². The molecule has 0 spiro atoms. The summed E-state index contributed by atoms with van der Waals surface area (Å²) in [6, 6.07) is 12.1. The van der Waals surface area contributed by atoms with E-state index < -0.39 is 0 Å². The fraction of sp³-hybridized carbons (Fsp3) is 0.176.